The fourth-order valence-corrected chi connectivity index (χ4v) is 3.08. The third kappa shape index (κ3) is 3.41. The van der Waals surface area contributed by atoms with Crippen LogP contribution < -0.4 is 11.0 Å². The molecule has 1 aliphatic heterocycles. The molecule has 7 heteroatoms. The summed E-state index contributed by atoms with van der Waals surface area (Å²) in [6.07, 6.45) is 1.49. The molecule has 2 amide bonds. The van der Waals surface area contributed by atoms with Gasteiger partial charge in [0.1, 0.15) is 12.6 Å². The van der Waals surface area contributed by atoms with Crippen molar-refractivity contribution in [3.63, 3.8) is 0 Å². The van der Waals surface area contributed by atoms with Crippen molar-refractivity contribution in [3.8, 4) is 11.8 Å². The first kappa shape index (κ1) is 18.0. The van der Waals surface area contributed by atoms with Crippen LogP contribution in [0.15, 0.2) is 23.0 Å². The quantitative estimate of drug-likeness (QED) is 0.506. The molecular weight excluding hydrogens is 334 g/mol. The minimum absolute atomic E-state index is 0.223. The average molecular weight is 355 g/mol. The van der Waals surface area contributed by atoms with E-state index in [0.717, 1.165) is 12.0 Å². The summed E-state index contributed by atoms with van der Waals surface area (Å²) in [5, 5.41) is 2.30. The molecule has 1 atom stereocenters. The van der Waals surface area contributed by atoms with Crippen molar-refractivity contribution in [2.24, 2.45) is 7.05 Å². The van der Waals surface area contributed by atoms with Crippen molar-refractivity contribution in [1.29, 1.82) is 0 Å². The molecule has 136 valence electrons. The summed E-state index contributed by atoms with van der Waals surface area (Å²) in [7, 11) is 1.66. The van der Waals surface area contributed by atoms with E-state index in [2.05, 4.69) is 17.2 Å². The van der Waals surface area contributed by atoms with Gasteiger partial charge in [-0.15, -0.1) is 0 Å². The average Bonchev–Trinajstić information content (AvgIpc) is 2.86. The Balaban J connectivity index is 1.95. The summed E-state index contributed by atoms with van der Waals surface area (Å²) < 4.78 is 8.29. The second kappa shape index (κ2) is 7.58. The van der Waals surface area contributed by atoms with Crippen molar-refractivity contribution < 1.29 is 14.3 Å². The molecule has 1 aromatic carbocycles. The number of imide groups is 1. The van der Waals surface area contributed by atoms with Crippen molar-refractivity contribution in [1.82, 2.24) is 14.5 Å². The second-order valence-electron chi connectivity index (χ2n) is 6.24. The highest BCUT2D eigenvalue weighted by Crippen LogP contribution is 2.23. The topological polar surface area (TPSA) is 82.3 Å². The number of imidazole rings is 1. The Kier molecular flexibility index (Phi) is 5.24. The van der Waals surface area contributed by atoms with Gasteiger partial charge < -0.3 is 4.74 Å². The number of carbonyl (C=O) groups is 2. The molecule has 0 bridgehead atoms. The molecule has 26 heavy (non-hydrogen) atoms. The van der Waals surface area contributed by atoms with Gasteiger partial charge in [-0.2, -0.15) is 0 Å². The predicted octanol–water partition coefficient (Wildman–Crippen LogP) is 1.10. The lowest BCUT2D eigenvalue weighted by Crippen LogP contribution is -2.44. The Morgan fingerprint density at radius 1 is 1.27 bits per heavy atom. The van der Waals surface area contributed by atoms with Gasteiger partial charge in [-0.3, -0.25) is 24.0 Å². The van der Waals surface area contributed by atoms with E-state index in [9.17, 15) is 14.4 Å². The first-order chi connectivity index (χ1) is 12.5. The molecule has 1 unspecified atom stereocenters. The zero-order chi connectivity index (χ0) is 18.7. The largest absolute Gasteiger partial charge is 0.369 e. The van der Waals surface area contributed by atoms with Crippen LogP contribution in [0.5, 0.6) is 0 Å². The van der Waals surface area contributed by atoms with Crippen LogP contribution in [-0.4, -0.2) is 34.2 Å². The number of fused-ring (bicyclic) bond motifs is 1. The summed E-state index contributed by atoms with van der Waals surface area (Å²) in [4.78, 5) is 36.2. The Morgan fingerprint density at radius 2 is 2.08 bits per heavy atom. The summed E-state index contributed by atoms with van der Waals surface area (Å²) in [5.41, 5.74) is 1.83. The Labute approximate surface area is 150 Å². The third-order valence-corrected chi connectivity index (χ3v) is 4.37. The number of amides is 2. The van der Waals surface area contributed by atoms with Gasteiger partial charge in [-0.1, -0.05) is 18.8 Å². The van der Waals surface area contributed by atoms with Gasteiger partial charge in [-0.05, 0) is 31.0 Å². The highest BCUT2D eigenvalue weighted by molar-refractivity contribution is 6.00. The van der Waals surface area contributed by atoms with E-state index in [-0.39, 0.29) is 18.0 Å². The second-order valence-corrected chi connectivity index (χ2v) is 6.24. The van der Waals surface area contributed by atoms with Gasteiger partial charge in [0.25, 0.3) is 0 Å². The first-order valence-electron chi connectivity index (χ1n) is 8.64. The summed E-state index contributed by atoms with van der Waals surface area (Å²) >= 11 is 0. The Bertz CT molecular complexity index is 974. The Morgan fingerprint density at radius 3 is 2.81 bits per heavy atom. The minimum atomic E-state index is -0.678. The number of hydrogen-bond donors (Lipinski definition) is 1. The number of aryl methyl sites for hydroxylation is 1. The SMILES string of the molecule is CCCOCC#Cc1ccc2c(c1)n(C)c(=O)n2C1CCC(=O)NC1=O. The number of ether oxygens (including phenoxy) is 1. The van der Waals surface area contributed by atoms with Crippen molar-refractivity contribution in [2.75, 3.05) is 13.2 Å². The molecule has 2 heterocycles. The van der Waals surface area contributed by atoms with Gasteiger partial charge >= 0.3 is 5.69 Å². The highest BCUT2D eigenvalue weighted by Gasteiger charge is 2.31. The van der Waals surface area contributed by atoms with Crippen LogP contribution in [0.4, 0.5) is 0 Å². The third-order valence-electron chi connectivity index (χ3n) is 4.37. The van der Waals surface area contributed by atoms with Crippen LogP contribution in [0.1, 0.15) is 37.8 Å². The van der Waals surface area contributed by atoms with Gasteiger partial charge in [0.2, 0.25) is 11.8 Å². The maximum atomic E-state index is 12.7. The maximum Gasteiger partial charge on any atom is 0.329 e. The molecule has 3 rings (SSSR count). The molecule has 0 radical (unpaired) electrons. The smallest absolute Gasteiger partial charge is 0.329 e. The highest BCUT2D eigenvalue weighted by atomic mass is 16.5. The van der Waals surface area contributed by atoms with Crippen molar-refractivity contribution in [2.45, 2.75) is 32.2 Å². The molecule has 2 aromatic rings. The van der Waals surface area contributed by atoms with Gasteiger partial charge in [-0.25, -0.2) is 4.79 Å². The van der Waals surface area contributed by atoms with E-state index in [1.54, 1.807) is 13.1 Å². The number of rotatable bonds is 4. The molecule has 7 nitrogen and oxygen atoms in total. The van der Waals surface area contributed by atoms with E-state index in [1.165, 1.54) is 9.13 Å². The molecule has 0 aliphatic carbocycles. The zero-order valence-corrected chi connectivity index (χ0v) is 14.9. The van der Waals surface area contributed by atoms with Crippen LogP contribution in [-0.2, 0) is 21.4 Å². The molecule has 1 aromatic heterocycles. The van der Waals surface area contributed by atoms with E-state index in [0.29, 0.717) is 30.7 Å². The van der Waals surface area contributed by atoms with E-state index in [1.807, 2.05) is 19.1 Å². The standard InChI is InChI=1S/C19H21N3O4/c1-3-10-26-11-4-5-13-6-7-14-16(12-13)21(2)19(25)22(14)15-8-9-17(23)20-18(15)24/h6-7,12,15H,3,8-11H2,1-2H3,(H,20,23,24). The summed E-state index contributed by atoms with van der Waals surface area (Å²) in [6.45, 7) is 3.08. The summed E-state index contributed by atoms with van der Waals surface area (Å²) in [6, 6.07) is 4.75. The molecule has 1 saturated heterocycles. The number of piperidine rings is 1. The Hall–Kier alpha value is -2.85. The number of benzene rings is 1. The summed E-state index contributed by atoms with van der Waals surface area (Å²) in [5.74, 6) is 5.23. The molecular formula is C19H21N3O4. The van der Waals surface area contributed by atoms with Crippen LogP contribution in [0.2, 0.25) is 0 Å². The lowest BCUT2D eigenvalue weighted by molar-refractivity contribution is -0.135. The zero-order valence-electron chi connectivity index (χ0n) is 14.9. The van der Waals surface area contributed by atoms with E-state index < -0.39 is 11.9 Å². The van der Waals surface area contributed by atoms with Gasteiger partial charge in [0, 0.05) is 25.6 Å². The van der Waals surface area contributed by atoms with Crippen LogP contribution >= 0.6 is 0 Å². The molecule has 1 aliphatic rings. The van der Waals surface area contributed by atoms with E-state index in [4.69, 9.17) is 4.74 Å². The van der Waals surface area contributed by atoms with Crippen molar-refractivity contribution >= 4 is 22.8 Å². The molecule has 0 spiro atoms. The lowest BCUT2D eigenvalue weighted by Gasteiger charge is -2.21. The monoisotopic (exact) mass is 355 g/mol. The lowest BCUT2D eigenvalue weighted by atomic mass is 10.1. The normalized spacial score (nSPS) is 17.1. The van der Waals surface area contributed by atoms with Gasteiger partial charge in [0.15, 0.2) is 0 Å². The number of nitrogens with one attached hydrogen (secondary N) is 1. The number of carbonyl (C=O) groups excluding carboxylic acids is 2. The number of nitrogens with zero attached hydrogens (tertiary/aromatic N) is 2. The minimum Gasteiger partial charge on any atom is -0.369 e. The van der Waals surface area contributed by atoms with Crippen LogP contribution in [0.3, 0.4) is 0 Å². The van der Waals surface area contributed by atoms with Gasteiger partial charge in [0.05, 0.1) is 11.0 Å². The fourth-order valence-electron chi connectivity index (χ4n) is 3.08. The molecule has 1 N–H and O–H groups in total. The number of hydrogen-bond acceptors (Lipinski definition) is 4. The predicted molar refractivity (Wildman–Crippen MR) is 96.6 cm³/mol. The van der Waals surface area contributed by atoms with Crippen molar-refractivity contribution in [3.05, 3.63) is 34.2 Å². The maximum absolute atomic E-state index is 12.7. The van der Waals surface area contributed by atoms with E-state index >= 15 is 0 Å². The fraction of sp³-hybridized carbons (Fsp3) is 0.421. The first-order valence-corrected chi connectivity index (χ1v) is 8.64. The number of aromatic nitrogens is 2. The van der Waals surface area contributed by atoms with Crippen LogP contribution in [0.25, 0.3) is 11.0 Å². The van der Waals surface area contributed by atoms with Crippen LogP contribution in [0, 0.1) is 11.8 Å². The molecule has 0 saturated carbocycles. The molecule has 1 fully saturated rings.